The van der Waals surface area contributed by atoms with E-state index in [0.29, 0.717) is 17.0 Å². The van der Waals surface area contributed by atoms with Crippen molar-refractivity contribution in [3.05, 3.63) is 69.0 Å². The van der Waals surface area contributed by atoms with E-state index in [9.17, 15) is 14.9 Å². The lowest BCUT2D eigenvalue weighted by Gasteiger charge is -2.13. The van der Waals surface area contributed by atoms with Crippen LogP contribution in [-0.4, -0.2) is 17.9 Å². The fourth-order valence-corrected chi connectivity index (χ4v) is 3.30. The fourth-order valence-electron chi connectivity index (χ4n) is 3.30. The van der Waals surface area contributed by atoms with Crippen molar-refractivity contribution in [2.75, 3.05) is 12.4 Å². The predicted molar refractivity (Wildman–Crippen MR) is 112 cm³/mol. The summed E-state index contributed by atoms with van der Waals surface area (Å²) in [7, 11) is 1.58. The summed E-state index contributed by atoms with van der Waals surface area (Å²) in [4.78, 5) is 23.1. The molecule has 0 saturated carbocycles. The number of carbonyl (C=O) groups is 1. The van der Waals surface area contributed by atoms with Gasteiger partial charge in [-0.1, -0.05) is 6.07 Å². The topological polar surface area (TPSA) is 94.6 Å². The molecule has 150 valence electrons. The van der Waals surface area contributed by atoms with Gasteiger partial charge in [-0.3, -0.25) is 14.9 Å². The number of non-ortho nitro benzene ring substituents is 1. The Kier molecular flexibility index (Phi) is 5.41. The lowest BCUT2D eigenvalue weighted by molar-refractivity contribution is -0.384. The number of amides is 1. The van der Waals surface area contributed by atoms with Gasteiger partial charge in [0.2, 0.25) is 5.91 Å². The van der Waals surface area contributed by atoms with E-state index < -0.39 is 4.92 Å². The molecule has 1 amide bonds. The lowest BCUT2D eigenvalue weighted by Crippen LogP contribution is -2.10. The molecular formula is C22H22N2O5. The summed E-state index contributed by atoms with van der Waals surface area (Å²) in [5, 5.41) is 14.7. The fraction of sp³-hybridized carbons (Fsp3) is 0.227. The summed E-state index contributed by atoms with van der Waals surface area (Å²) in [6, 6.07) is 6.30. The first-order valence-corrected chi connectivity index (χ1v) is 9.03. The third-order valence-corrected chi connectivity index (χ3v) is 4.90. The predicted octanol–water partition coefficient (Wildman–Crippen LogP) is 5.32. The second-order valence-electron chi connectivity index (χ2n) is 6.95. The molecule has 1 aromatic heterocycles. The molecule has 7 heteroatoms. The van der Waals surface area contributed by atoms with Crippen molar-refractivity contribution in [2.24, 2.45) is 0 Å². The minimum absolute atomic E-state index is 0.0789. The van der Waals surface area contributed by atoms with Crippen LogP contribution in [0.2, 0.25) is 0 Å². The first-order valence-electron chi connectivity index (χ1n) is 9.03. The maximum Gasteiger partial charge on any atom is 0.271 e. The van der Waals surface area contributed by atoms with Gasteiger partial charge in [0.25, 0.3) is 5.69 Å². The maximum atomic E-state index is 12.6. The number of nitro groups is 1. The highest BCUT2D eigenvalue weighted by atomic mass is 16.6. The van der Waals surface area contributed by atoms with Gasteiger partial charge < -0.3 is 14.5 Å². The Morgan fingerprint density at radius 2 is 1.93 bits per heavy atom. The summed E-state index contributed by atoms with van der Waals surface area (Å²) in [6.45, 7) is 7.46. The molecular weight excluding hydrogens is 372 g/mol. The highest BCUT2D eigenvalue weighted by molar-refractivity contribution is 6.05. The molecule has 0 fully saturated rings. The normalized spacial score (nSPS) is 11.6. The molecule has 0 unspecified atom stereocenters. The Morgan fingerprint density at radius 3 is 2.59 bits per heavy atom. The van der Waals surface area contributed by atoms with Crippen LogP contribution in [0.3, 0.4) is 0 Å². The van der Waals surface area contributed by atoms with Crippen LogP contribution in [0.4, 0.5) is 11.4 Å². The number of hydrogen-bond acceptors (Lipinski definition) is 5. The molecule has 0 aliphatic rings. The molecule has 1 heterocycles. The number of anilines is 1. The van der Waals surface area contributed by atoms with E-state index in [1.165, 1.54) is 18.2 Å². The lowest BCUT2D eigenvalue weighted by atomic mass is 9.98. The van der Waals surface area contributed by atoms with Crippen LogP contribution >= 0.6 is 0 Å². The van der Waals surface area contributed by atoms with Gasteiger partial charge in [-0.25, -0.2) is 0 Å². The minimum atomic E-state index is -0.494. The van der Waals surface area contributed by atoms with Crippen LogP contribution in [0.1, 0.15) is 29.2 Å². The molecule has 0 aliphatic heterocycles. The van der Waals surface area contributed by atoms with Crippen molar-refractivity contribution < 1.29 is 18.9 Å². The molecule has 29 heavy (non-hydrogen) atoms. The second-order valence-corrected chi connectivity index (χ2v) is 6.95. The number of nitro benzene ring substituents is 1. The number of fused-ring (bicyclic) bond motifs is 1. The van der Waals surface area contributed by atoms with Crippen molar-refractivity contribution in [1.82, 2.24) is 0 Å². The average molecular weight is 394 g/mol. The molecule has 3 rings (SSSR count). The van der Waals surface area contributed by atoms with Gasteiger partial charge in [-0.2, -0.15) is 0 Å². The number of benzene rings is 2. The monoisotopic (exact) mass is 394 g/mol. The van der Waals surface area contributed by atoms with Crippen LogP contribution in [0.25, 0.3) is 16.5 Å². The van der Waals surface area contributed by atoms with Crippen LogP contribution in [0.15, 0.2) is 41.0 Å². The van der Waals surface area contributed by atoms with Gasteiger partial charge in [0.05, 0.1) is 24.0 Å². The number of allylic oxidation sites excluding steroid dienone is 1. The Balaban J connectivity index is 1.97. The Morgan fingerprint density at radius 1 is 1.21 bits per heavy atom. The third kappa shape index (κ3) is 3.85. The number of methoxy groups -OCH3 is 1. The second kappa shape index (κ2) is 7.79. The van der Waals surface area contributed by atoms with Gasteiger partial charge in [-0.15, -0.1) is 0 Å². The van der Waals surface area contributed by atoms with Crippen molar-refractivity contribution in [3.8, 4) is 5.75 Å². The molecule has 0 aliphatic carbocycles. The van der Waals surface area contributed by atoms with E-state index in [-0.39, 0.29) is 11.6 Å². The number of aryl methyl sites for hydroxylation is 3. The largest absolute Gasteiger partial charge is 0.496 e. The molecule has 1 N–H and O–H groups in total. The molecule has 2 aromatic carbocycles. The van der Waals surface area contributed by atoms with Gasteiger partial charge >= 0.3 is 0 Å². The van der Waals surface area contributed by atoms with E-state index in [4.69, 9.17) is 9.15 Å². The van der Waals surface area contributed by atoms with Crippen LogP contribution in [0, 0.1) is 30.9 Å². The zero-order valence-corrected chi connectivity index (χ0v) is 17.0. The highest BCUT2D eigenvalue weighted by Crippen LogP contribution is 2.37. The van der Waals surface area contributed by atoms with Crippen molar-refractivity contribution in [1.29, 1.82) is 0 Å². The van der Waals surface area contributed by atoms with Crippen LogP contribution in [-0.2, 0) is 4.79 Å². The molecule has 0 spiro atoms. The quantitative estimate of drug-likeness (QED) is 0.359. The standard InChI is InChI=1S/C22H22N2O5/c1-12-6-7-16(24(26)27)9-19(12)23-20(25)8-13(2)17-10-18-14(3)11-29-22(18)15(4)21(17)28-5/h6-11H,1-5H3,(H,23,25)/b13-8+. The first kappa shape index (κ1) is 20.1. The Bertz CT molecular complexity index is 1160. The Hall–Kier alpha value is -3.61. The zero-order valence-electron chi connectivity index (χ0n) is 17.0. The number of furan rings is 1. The summed E-state index contributed by atoms with van der Waals surface area (Å²) >= 11 is 0. The summed E-state index contributed by atoms with van der Waals surface area (Å²) < 4.78 is 11.2. The number of nitrogens with one attached hydrogen (secondary N) is 1. The molecule has 7 nitrogen and oxygen atoms in total. The number of carbonyl (C=O) groups excluding carboxylic acids is 1. The molecule has 0 radical (unpaired) electrons. The zero-order chi connectivity index (χ0) is 21.3. The molecule has 0 bridgehead atoms. The van der Waals surface area contributed by atoms with Crippen LogP contribution < -0.4 is 10.1 Å². The number of hydrogen-bond donors (Lipinski definition) is 1. The molecule has 0 atom stereocenters. The smallest absolute Gasteiger partial charge is 0.271 e. The van der Waals surface area contributed by atoms with Crippen molar-refractivity contribution in [2.45, 2.75) is 27.7 Å². The first-order chi connectivity index (χ1) is 13.7. The summed E-state index contributed by atoms with van der Waals surface area (Å²) in [5.41, 5.74) is 5.15. The Labute approximate surface area is 168 Å². The van der Waals surface area contributed by atoms with E-state index in [1.807, 2.05) is 26.8 Å². The third-order valence-electron chi connectivity index (χ3n) is 4.90. The molecule has 0 saturated heterocycles. The van der Waals surface area contributed by atoms with Gasteiger partial charge in [0.1, 0.15) is 11.3 Å². The summed E-state index contributed by atoms with van der Waals surface area (Å²) in [5.74, 6) is 0.259. The highest BCUT2D eigenvalue weighted by Gasteiger charge is 2.17. The van der Waals surface area contributed by atoms with Crippen molar-refractivity contribution in [3.63, 3.8) is 0 Å². The van der Waals surface area contributed by atoms with E-state index in [1.54, 1.807) is 26.4 Å². The van der Waals surface area contributed by atoms with E-state index in [2.05, 4.69) is 5.32 Å². The van der Waals surface area contributed by atoms with Gasteiger partial charge in [-0.05, 0) is 50.5 Å². The van der Waals surface area contributed by atoms with Gasteiger partial charge in [0, 0.05) is 34.7 Å². The average Bonchev–Trinajstić information content (AvgIpc) is 3.04. The number of rotatable bonds is 5. The van der Waals surface area contributed by atoms with Crippen molar-refractivity contribution >= 4 is 33.8 Å². The molecule has 3 aromatic rings. The summed E-state index contributed by atoms with van der Waals surface area (Å²) in [6.07, 6.45) is 3.15. The SMILES string of the molecule is COc1c(/C(C)=C/C(=O)Nc2cc([N+](=O)[O-])ccc2C)cc2c(C)coc2c1C. The number of ether oxygens (including phenoxy) is 1. The van der Waals surface area contributed by atoms with E-state index in [0.717, 1.165) is 33.2 Å². The number of nitrogens with zero attached hydrogens (tertiary/aromatic N) is 1. The van der Waals surface area contributed by atoms with Crippen LogP contribution in [0.5, 0.6) is 5.75 Å². The van der Waals surface area contributed by atoms with E-state index >= 15 is 0 Å². The minimum Gasteiger partial charge on any atom is -0.496 e. The van der Waals surface area contributed by atoms with Gasteiger partial charge in [0.15, 0.2) is 0 Å². The maximum absolute atomic E-state index is 12.6.